The Bertz CT molecular complexity index is 599. The molecule has 2 rings (SSSR count). The van der Waals surface area contributed by atoms with Gasteiger partial charge in [0.1, 0.15) is 11.6 Å². The molecule has 0 fully saturated rings. The highest BCUT2D eigenvalue weighted by Crippen LogP contribution is 2.36. The van der Waals surface area contributed by atoms with Gasteiger partial charge in [-0.15, -0.1) is 0 Å². The number of aryl methyl sites for hydroxylation is 1. The van der Waals surface area contributed by atoms with E-state index < -0.39 is 0 Å². The second-order valence-corrected chi connectivity index (χ2v) is 6.00. The Balaban J connectivity index is 2.41. The molecule has 1 unspecified atom stereocenters. The first kappa shape index (κ1) is 14.5. The molecule has 2 aromatic carbocycles. The third kappa shape index (κ3) is 3.00. The SMILES string of the molecule is COc1ccc(C(Br)c2cccc(C)c2F)cc1Br. The lowest BCUT2D eigenvalue weighted by Gasteiger charge is -2.14. The van der Waals surface area contributed by atoms with Crippen molar-refractivity contribution in [1.82, 2.24) is 0 Å². The highest BCUT2D eigenvalue weighted by molar-refractivity contribution is 9.10. The fraction of sp³-hybridized carbons (Fsp3) is 0.200. The fourth-order valence-corrected chi connectivity index (χ4v) is 3.08. The second kappa shape index (κ2) is 6.06. The van der Waals surface area contributed by atoms with Crippen molar-refractivity contribution in [2.24, 2.45) is 0 Å². The zero-order valence-corrected chi connectivity index (χ0v) is 13.8. The van der Waals surface area contributed by atoms with E-state index in [1.54, 1.807) is 26.2 Å². The minimum Gasteiger partial charge on any atom is -0.496 e. The van der Waals surface area contributed by atoms with Crippen molar-refractivity contribution in [3.8, 4) is 5.75 Å². The number of alkyl halides is 1. The Morgan fingerprint density at radius 3 is 2.58 bits per heavy atom. The van der Waals surface area contributed by atoms with E-state index in [4.69, 9.17) is 4.74 Å². The lowest BCUT2D eigenvalue weighted by molar-refractivity contribution is 0.412. The van der Waals surface area contributed by atoms with E-state index in [0.29, 0.717) is 11.1 Å². The fourth-order valence-electron chi connectivity index (χ4n) is 1.89. The van der Waals surface area contributed by atoms with Crippen molar-refractivity contribution < 1.29 is 9.13 Å². The van der Waals surface area contributed by atoms with Gasteiger partial charge in [-0.2, -0.15) is 0 Å². The van der Waals surface area contributed by atoms with Crippen LogP contribution < -0.4 is 4.74 Å². The number of hydrogen-bond acceptors (Lipinski definition) is 1. The van der Waals surface area contributed by atoms with Gasteiger partial charge in [-0.1, -0.05) is 40.2 Å². The highest BCUT2D eigenvalue weighted by atomic mass is 79.9. The first-order valence-electron chi connectivity index (χ1n) is 5.77. The summed E-state index contributed by atoms with van der Waals surface area (Å²) in [6, 6.07) is 11.1. The summed E-state index contributed by atoms with van der Waals surface area (Å²) >= 11 is 7.00. The first-order valence-corrected chi connectivity index (χ1v) is 7.48. The monoisotopic (exact) mass is 386 g/mol. The van der Waals surface area contributed by atoms with Crippen LogP contribution in [0.2, 0.25) is 0 Å². The minimum atomic E-state index is -0.186. The van der Waals surface area contributed by atoms with Crippen LogP contribution in [-0.2, 0) is 0 Å². The summed E-state index contributed by atoms with van der Waals surface area (Å²) in [5.41, 5.74) is 2.25. The number of rotatable bonds is 3. The Kier molecular flexibility index (Phi) is 4.63. The molecule has 1 atom stereocenters. The number of benzene rings is 2. The van der Waals surface area contributed by atoms with E-state index >= 15 is 0 Å². The molecule has 0 saturated heterocycles. The normalized spacial score (nSPS) is 12.3. The summed E-state index contributed by atoms with van der Waals surface area (Å²) < 4.78 is 20.2. The van der Waals surface area contributed by atoms with E-state index in [-0.39, 0.29) is 10.6 Å². The van der Waals surface area contributed by atoms with E-state index in [1.165, 1.54) is 0 Å². The van der Waals surface area contributed by atoms with Crippen LogP contribution in [-0.4, -0.2) is 7.11 Å². The van der Waals surface area contributed by atoms with E-state index in [9.17, 15) is 4.39 Å². The highest BCUT2D eigenvalue weighted by Gasteiger charge is 2.17. The Morgan fingerprint density at radius 1 is 1.21 bits per heavy atom. The van der Waals surface area contributed by atoms with Crippen LogP contribution in [0.15, 0.2) is 40.9 Å². The van der Waals surface area contributed by atoms with Gasteiger partial charge >= 0.3 is 0 Å². The average molecular weight is 388 g/mol. The van der Waals surface area contributed by atoms with Crippen LogP contribution in [0.5, 0.6) is 5.75 Å². The third-order valence-electron chi connectivity index (χ3n) is 2.96. The average Bonchev–Trinajstić information content (AvgIpc) is 2.41. The van der Waals surface area contributed by atoms with Crippen molar-refractivity contribution in [1.29, 1.82) is 0 Å². The van der Waals surface area contributed by atoms with Crippen LogP contribution in [0, 0.1) is 12.7 Å². The van der Waals surface area contributed by atoms with E-state index in [2.05, 4.69) is 31.9 Å². The first-order chi connectivity index (χ1) is 9.04. The van der Waals surface area contributed by atoms with Crippen molar-refractivity contribution in [3.05, 3.63) is 63.4 Å². The maximum atomic E-state index is 14.1. The molecule has 0 N–H and O–H groups in total. The Hall–Kier alpha value is -0.870. The topological polar surface area (TPSA) is 9.23 Å². The smallest absolute Gasteiger partial charge is 0.133 e. The van der Waals surface area contributed by atoms with Gasteiger partial charge in [-0.3, -0.25) is 0 Å². The quantitative estimate of drug-likeness (QED) is 0.641. The molecular formula is C15H13Br2FO. The molecule has 0 amide bonds. The van der Waals surface area contributed by atoms with Gasteiger partial charge in [0, 0.05) is 5.56 Å². The summed E-state index contributed by atoms with van der Waals surface area (Å²) in [7, 11) is 1.62. The van der Waals surface area contributed by atoms with Crippen LogP contribution in [0.25, 0.3) is 0 Å². The zero-order chi connectivity index (χ0) is 14.0. The maximum absolute atomic E-state index is 14.1. The summed E-state index contributed by atoms with van der Waals surface area (Å²) in [5, 5.41) is 0. The molecule has 0 aliphatic carbocycles. The molecule has 0 aromatic heterocycles. The van der Waals surface area contributed by atoms with Gasteiger partial charge in [-0.05, 0) is 46.1 Å². The van der Waals surface area contributed by atoms with Crippen LogP contribution in [0.3, 0.4) is 0 Å². The van der Waals surface area contributed by atoms with Crippen molar-refractivity contribution >= 4 is 31.9 Å². The van der Waals surface area contributed by atoms with Gasteiger partial charge in [0.15, 0.2) is 0 Å². The summed E-state index contributed by atoms with van der Waals surface area (Å²) in [4.78, 5) is -0.186. The largest absolute Gasteiger partial charge is 0.496 e. The van der Waals surface area contributed by atoms with Gasteiger partial charge in [0.2, 0.25) is 0 Å². The molecule has 19 heavy (non-hydrogen) atoms. The molecule has 0 radical (unpaired) electrons. The molecule has 1 nitrogen and oxygen atoms in total. The zero-order valence-electron chi connectivity index (χ0n) is 10.6. The Morgan fingerprint density at radius 2 is 1.95 bits per heavy atom. The van der Waals surface area contributed by atoms with E-state index in [1.807, 2.05) is 24.3 Å². The summed E-state index contributed by atoms with van der Waals surface area (Å²) in [6.07, 6.45) is 0. The third-order valence-corrected chi connectivity index (χ3v) is 4.60. The number of hydrogen-bond donors (Lipinski definition) is 0. The van der Waals surface area contributed by atoms with Gasteiger partial charge in [0.05, 0.1) is 16.4 Å². The van der Waals surface area contributed by atoms with Crippen LogP contribution in [0.1, 0.15) is 21.5 Å². The predicted octanol–water partition coefficient (Wildman–Crippen LogP) is 5.39. The van der Waals surface area contributed by atoms with Crippen LogP contribution in [0.4, 0.5) is 4.39 Å². The van der Waals surface area contributed by atoms with Gasteiger partial charge in [0.25, 0.3) is 0 Å². The van der Waals surface area contributed by atoms with Crippen molar-refractivity contribution in [3.63, 3.8) is 0 Å². The number of ether oxygens (including phenoxy) is 1. The maximum Gasteiger partial charge on any atom is 0.133 e. The standard InChI is InChI=1S/C15H13Br2FO/c1-9-4-3-5-11(15(9)18)14(17)10-6-7-13(19-2)12(16)8-10/h3-8,14H,1-2H3. The molecule has 0 spiro atoms. The number of halogens is 3. The number of methoxy groups -OCH3 is 1. The predicted molar refractivity (Wildman–Crippen MR) is 82.6 cm³/mol. The summed E-state index contributed by atoms with van der Waals surface area (Å²) in [5.74, 6) is 0.587. The lowest BCUT2D eigenvalue weighted by atomic mass is 10.0. The molecule has 2 aromatic rings. The van der Waals surface area contributed by atoms with Gasteiger partial charge in [-0.25, -0.2) is 4.39 Å². The summed E-state index contributed by atoms with van der Waals surface area (Å²) in [6.45, 7) is 1.77. The van der Waals surface area contributed by atoms with Gasteiger partial charge < -0.3 is 4.74 Å². The molecule has 0 aliphatic rings. The Labute approximate surface area is 129 Å². The van der Waals surface area contributed by atoms with E-state index in [0.717, 1.165) is 15.8 Å². The van der Waals surface area contributed by atoms with Crippen molar-refractivity contribution in [2.45, 2.75) is 11.8 Å². The van der Waals surface area contributed by atoms with Crippen molar-refractivity contribution in [2.75, 3.05) is 7.11 Å². The molecule has 0 saturated carbocycles. The van der Waals surface area contributed by atoms with Crippen LogP contribution >= 0.6 is 31.9 Å². The molecule has 4 heteroatoms. The molecule has 0 heterocycles. The minimum absolute atomic E-state index is 0.170. The molecular weight excluding hydrogens is 375 g/mol. The molecule has 0 aliphatic heterocycles. The second-order valence-electron chi connectivity index (χ2n) is 4.23. The lowest BCUT2D eigenvalue weighted by Crippen LogP contribution is -1.99. The molecule has 100 valence electrons. The molecule has 0 bridgehead atoms.